The molecule has 0 amide bonds. The number of rotatable bonds is 60. The Morgan fingerprint density at radius 2 is 0.720 bits per heavy atom. The highest BCUT2D eigenvalue weighted by atomic mass is 31.2. The molecule has 0 saturated carbocycles. The van der Waals surface area contributed by atoms with Crippen LogP contribution in [0.15, 0.2) is 24.3 Å². The topological polar surface area (TPSA) is 237 Å². The van der Waals surface area contributed by atoms with Gasteiger partial charge >= 0.3 is 39.5 Å². The Hall–Kier alpha value is -2.46. The molecular formula is C63H118O17P2. The van der Waals surface area contributed by atoms with Crippen molar-refractivity contribution in [1.82, 2.24) is 0 Å². The smallest absolute Gasteiger partial charge is 0.462 e. The average Bonchev–Trinajstić information content (AvgIpc) is 3.45. The van der Waals surface area contributed by atoms with Crippen LogP contribution in [-0.2, 0) is 65.4 Å². The summed E-state index contributed by atoms with van der Waals surface area (Å²) < 4.78 is 67.7. The van der Waals surface area contributed by atoms with Crippen LogP contribution < -0.4 is 0 Å². The normalized spacial score (nSPS) is 14.9. The summed E-state index contributed by atoms with van der Waals surface area (Å²) in [7, 11) is -9.89. The lowest BCUT2D eigenvalue weighted by Crippen LogP contribution is -2.30. The minimum absolute atomic E-state index is 0.0841. The lowest BCUT2D eigenvalue weighted by atomic mass is 10.00. The molecule has 17 nitrogen and oxygen atoms in total. The minimum atomic E-state index is -4.95. The van der Waals surface area contributed by atoms with E-state index in [4.69, 9.17) is 37.0 Å². The van der Waals surface area contributed by atoms with Crippen molar-refractivity contribution in [2.45, 2.75) is 304 Å². The zero-order valence-corrected chi connectivity index (χ0v) is 54.0. The number of aliphatic hydroxyl groups excluding tert-OH is 1. The zero-order chi connectivity index (χ0) is 60.8. The van der Waals surface area contributed by atoms with Crippen molar-refractivity contribution in [1.29, 1.82) is 0 Å². The molecule has 6 atom stereocenters. The molecule has 3 N–H and O–H groups in total. The van der Waals surface area contributed by atoms with Crippen molar-refractivity contribution in [3.8, 4) is 0 Å². The summed E-state index contributed by atoms with van der Waals surface area (Å²) in [5.74, 6) is -0.720. The van der Waals surface area contributed by atoms with Crippen LogP contribution in [0.5, 0.6) is 0 Å². The van der Waals surface area contributed by atoms with Crippen molar-refractivity contribution >= 4 is 39.5 Å². The second-order valence-corrected chi connectivity index (χ2v) is 25.7. The van der Waals surface area contributed by atoms with Gasteiger partial charge < -0.3 is 33.8 Å². The molecule has 0 rings (SSSR count). The highest BCUT2D eigenvalue weighted by Crippen LogP contribution is 2.45. The van der Waals surface area contributed by atoms with Crippen LogP contribution in [-0.4, -0.2) is 96.7 Å². The Morgan fingerprint density at radius 1 is 0.402 bits per heavy atom. The van der Waals surface area contributed by atoms with E-state index in [1.165, 1.54) is 83.5 Å². The molecule has 19 heteroatoms. The molecule has 0 heterocycles. The number of esters is 4. The molecule has 3 unspecified atom stereocenters. The fourth-order valence-corrected chi connectivity index (χ4v) is 10.4. The van der Waals surface area contributed by atoms with Crippen LogP contribution in [0.1, 0.15) is 286 Å². The maximum atomic E-state index is 13.0. The van der Waals surface area contributed by atoms with Gasteiger partial charge in [0, 0.05) is 25.7 Å². The molecule has 0 bridgehead atoms. The minimum Gasteiger partial charge on any atom is -0.462 e. The number of phosphoric ester groups is 2. The highest BCUT2D eigenvalue weighted by molar-refractivity contribution is 7.47. The Balaban J connectivity index is 5.23. The van der Waals surface area contributed by atoms with E-state index in [-0.39, 0.29) is 25.7 Å². The third-order valence-electron chi connectivity index (χ3n) is 14.2. The van der Waals surface area contributed by atoms with Gasteiger partial charge in [-0.25, -0.2) is 9.13 Å². The molecule has 0 aromatic carbocycles. The van der Waals surface area contributed by atoms with E-state index in [0.717, 1.165) is 121 Å². The number of hydrogen-bond acceptors (Lipinski definition) is 15. The summed E-state index contributed by atoms with van der Waals surface area (Å²) in [6.07, 6.45) is 40.2. The van der Waals surface area contributed by atoms with Gasteiger partial charge in [-0.05, 0) is 63.2 Å². The molecule has 0 radical (unpaired) electrons. The molecule has 0 aromatic heterocycles. The lowest BCUT2D eigenvalue weighted by Gasteiger charge is -2.21. The summed E-state index contributed by atoms with van der Waals surface area (Å²) in [5, 5.41) is 10.5. The lowest BCUT2D eigenvalue weighted by molar-refractivity contribution is -0.161. The molecule has 0 spiro atoms. The molecular weight excluding hydrogens is 1090 g/mol. The van der Waals surface area contributed by atoms with Crippen LogP contribution in [0.25, 0.3) is 0 Å². The van der Waals surface area contributed by atoms with Gasteiger partial charge in [-0.3, -0.25) is 37.3 Å². The first-order valence-electron chi connectivity index (χ1n) is 32.3. The van der Waals surface area contributed by atoms with Gasteiger partial charge in [-0.15, -0.1) is 0 Å². The summed E-state index contributed by atoms with van der Waals surface area (Å²) in [5.41, 5.74) is 0. The number of hydrogen-bond donors (Lipinski definition) is 3. The van der Waals surface area contributed by atoms with Crippen LogP contribution in [0.3, 0.4) is 0 Å². The van der Waals surface area contributed by atoms with E-state index in [1.807, 2.05) is 0 Å². The van der Waals surface area contributed by atoms with Gasteiger partial charge in [-0.2, -0.15) is 0 Å². The first-order valence-corrected chi connectivity index (χ1v) is 35.3. The number of unbranched alkanes of at least 4 members (excludes halogenated alkanes) is 26. The molecule has 0 aromatic rings. The van der Waals surface area contributed by atoms with Crippen LogP contribution in [0.4, 0.5) is 0 Å². The van der Waals surface area contributed by atoms with E-state index in [1.54, 1.807) is 0 Å². The Kier molecular flexibility index (Phi) is 53.5. The van der Waals surface area contributed by atoms with Gasteiger partial charge in [0.2, 0.25) is 0 Å². The van der Waals surface area contributed by atoms with Crippen molar-refractivity contribution in [2.24, 2.45) is 11.8 Å². The predicted molar refractivity (Wildman–Crippen MR) is 326 cm³/mol. The molecule has 0 saturated heterocycles. The summed E-state index contributed by atoms with van der Waals surface area (Å²) in [6.45, 7) is 9.25. The fraction of sp³-hybridized carbons (Fsp3) is 0.873. The summed E-state index contributed by atoms with van der Waals surface area (Å²) in [6, 6.07) is 0. The van der Waals surface area contributed by atoms with E-state index >= 15 is 0 Å². The van der Waals surface area contributed by atoms with Crippen molar-refractivity contribution < 1.29 is 80.2 Å². The van der Waals surface area contributed by atoms with Gasteiger partial charge in [0.1, 0.15) is 19.3 Å². The van der Waals surface area contributed by atoms with Crippen molar-refractivity contribution in [3.63, 3.8) is 0 Å². The predicted octanol–water partition coefficient (Wildman–Crippen LogP) is 16.8. The largest absolute Gasteiger partial charge is 0.472 e. The van der Waals surface area contributed by atoms with E-state index < -0.39 is 97.5 Å². The van der Waals surface area contributed by atoms with Crippen LogP contribution in [0.2, 0.25) is 0 Å². The molecule has 0 aliphatic rings. The standard InChI is InChI=1S/C63H118O17P2/c1-7-10-12-14-15-16-17-18-19-20-21-24-28-35-41-47-62(67)79-59(52-74-61(66)46-40-34-27-25-22-23-26-32-37-43-55(4)5)54-78-82(71,72)76-50-57(64)49-75-81(69,70)77-53-58(51-73-60(65)45-39-31-13-11-8-2)80-63(68)48-42-36-30-29-33-38-44-56(6)9-3/h16-19,55-59,64H,7-15,20-54H2,1-6H3,(H,69,70)(H,71,72)/b17-16-,19-18-/t56?,57-,58+,59+/m0/s1. The molecule has 0 aliphatic heterocycles. The van der Waals surface area contributed by atoms with Gasteiger partial charge in [0.25, 0.3) is 0 Å². The first-order chi connectivity index (χ1) is 39.4. The number of ether oxygens (including phenoxy) is 4. The third-order valence-corrected chi connectivity index (χ3v) is 16.1. The monoisotopic (exact) mass is 1210 g/mol. The molecule has 82 heavy (non-hydrogen) atoms. The second-order valence-electron chi connectivity index (χ2n) is 22.8. The quantitative estimate of drug-likeness (QED) is 0.0169. The summed E-state index contributed by atoms with van der Waals surface area (Å²) in [4.78, 5) is 71.9. The second kappa shape index (κ2) is 55.1. The Labute approximate surface area is 497 Å². The first kappa shape index (κ1) is 79.5. The van der Waals surface area contributed by atoms with Crippen molar-refractivity contribution in [2.75, 3.05) is 39.6 Å². The molecule has 482 valence electrons. The van der Waals surface area contributed by atoms with E-state index in [2.05, 4.69) is 65.8 Å². The summed E-state index contributed by atoms with van der Waals surface area (Å²) >= 11 is 0. The average molecular weight is 1210 g/mol. The zero-order valence-electron chi connectivity index (χ0n) is 52.3. The van der Waals surface area contributed by atoms with Crippen molar-refractivity contribution in [3.05, 3.63) is 24.3 Å². The van der Waals surface area contributed by atoms with Gasteiger partial charge in [0.15, 0.2) is 12.2 Å². The highest BCUT2D eigenvalue weighted by Gasteiger charge is 2.30. The molecule has 0 aliphatic carbocycles. The van der Waals surface area contributed by atoms with Crippen LogP contribution in [0, 0.1) is 11.8 Å². The third kappa shape index (κ3) is 55.4. The van der Waals surface area contributed by atoms with E-state index in [9.17, 15) is 43.2 Å². The number of phosphoric acid groups is 2. The van der Waals surface area contributed by atoms with Crippen LogP contribution >= 0.6 is 15.6 Å². The SMILES string of the molecule is CCCCCC/C=C\C=C/CCCCCCCC(=O)O[C@H](COC(=O)CCCCCCCCCCCC(C)C)COP(=O)(O)OC[C@@H](O)COP(=O)(O)OC[C@@H](COC(=O)CCCCCCC)OC(=O)CCCCCCCCC(C)CC. The fourth-order valence-electron chi connectivity index (χ4n) is 8.78. The maximum absolute atomic E-state index is 13.0. The Bertz CT molecular complexity index is 1710. The number of carbonyl (C=O) groups excluding carboxylic acids is 4. The Morgan fingerprint density at radius 3 is 1.10 bits per heavy atom. The van der Waals surface area contributed by atoms with Gasteiger partial charge in [-0.1, -0.05) is 233 Å². The number of aliphatic hydroxyl groups is 1. The number of allylic oxidation sites excluding steroid dienone is 4. The van der Waals surface area contributed by atoms with Gasteiger partial charge in [0.05, 0.1) is 26.4 Å². The van der Waals surface area contributed by atoms with E-state index in [0.29, 0.717) is 25.7 Å². The maximum Gasteiger partial charge on any atom is 0.472 e. The number of carbonyl (C=O) groups is 4. The molecule has 0 fully saturated rings.